The number of carbonyl (C=O) groups is 1. The lowest BCUT2D eigenvalue weighted by Gasteiger charge is -1.85. The molecule has 7 nitrogen and oxygen atoms in total. The van der Waals surface area contributed by atoms with Crippen molar-refractivity contribution < 1.29 is 14.3 Å². The van der Waals surface area contributed by atoms with Gasteiger partial charge in [-0.25, -0.2) is 4.79 Å². The molecule has 0 radical (unpaired) electrons. The van der Waals surface area contributed by atoms with Gasteiger partial charge in [-0.15, -0.1) is 10.2 Å². The second kappa shape index (κ2) is 2.70. The van der Waals surface area contributed by atoms with Gasteiger partial charge in [0.1, 0.15) is 0 Å². The first-order valence-electron chi connectivity index (χ1n) is 3.34. The van der Waals surface area contributed by atoms with E-state index in [1.54, 1.807) is 0 Å². The van der Waals surface area contributed by atoms with Gasteiger partial charge in [-0.1, -0.05) is 0 Å². The number of hydrogen-bond acceptors (Lipinski definition) is 5. The molecule has 2 rings (SSSR count). The van der Waals surface area contributed by atoms with Crippen LogP contribution in [0.2, 0.25) is 0 Å². The van der Waals surface area contributed by atoms with E-state index in [1.807, 2.05) is 0 Å². The largest absolute Gasteiger partial charge is 0.475 e. The summed E-state index contributed by atoms with van der Waals surface area (Å²) in [5.41, 5.74) is 0. The number of H-pyrrole nitrogens is 1. The number of furan rings is 1. The van der Waals surface area contributed by atoms with Crippen molar-refractivity contribution in [3.63, 3.8) is 0 Å². The molecule has 0 saturated heterocycles. The van der Waals surface area contributed by atoms with Crippen molar-refractivity contribution in [1.82, 2.24) is 20.6 Å². The van der Waals surface area contributed by atoms with E-state index in [2.05, 4.69) is 20.6 Å². The number of hydrogen-bond donors (Lipinski definition) is 2. The van der Waals surface area contributed by atoms with Gasteiger partial charge in [0, 0.05) is 0 Å². The quantitative estimate of drug-likeness (QED) is 0.681. The number of tetrazole rings is 1. The minimum atomic E-state index is -1.13. The summed E-state index contributed by atoms with van der Waals surface area (Å²) >= 11 is 0. The Kier molecular flexibility index (Phi) is 1.55. The van der Waals surface area contributed by atoms with Gasteiger partial charge < -0.3 is 9.52 Å². The molecule has 0 aliphatic carbocycles. The monoisotopic (exact) mass is 180 g/mol. The van der Waals surface area contributed by atoms with Crippen molar-refractivity contribution >= 4 is 5.97 Å². The van der Waals surface area contributed by atoms with Gasteiger partial charge in [-0.3, -0.25) is 0 Å². The Morgan fingerprint density at radius 3 is 2.92 bits per heavy atom. The van der Waals surface area contributed by atoms with E-state index in [0.29, 0.717) is 0 Å². The highest BCUT2D eigenvalue weighted by atomic mass is 16.4. The maximum absolute atomic E-state index is 10.4. The molecule has 2 aromatic rings. The van der Waals surface area contributed by atoms with E-state index in [0.717, 1.165) is 0 Å². The summed E-state index contributed by atoms with van der Waals surface area (Å²) in [5.74, 6) is -0.784. The number of carboxylic acid groups (broad SMARTS) is 1. The molecule has 0 spiro atoms. The van der Waals surface area contributed by atoms with Crippen molar-refractivity contribution in [3.05, 3.63) is 17.9 Å². The van der Waals surface area contributed by atoms with Crippen molar-refractivity contribution in [2.24, 2.45) is 0 Å². The van der Waals surface area contributed by atoms with Crippen LogP contribution < -0.4 is 0 Å². The Bertz CT molecular complexity index is 419. The highest BCUT2D eigenvalue weighted by Crippen LogP contribution is 2.16. The summed E-state index contributed by atoms with van der Waals surface area (Å²) in [5, 5.41) is 21.3. The van der Waals surface area contributed by atoms with Gasteiger partial charge in [0.2, 0.25) is 11.6 Å². The van der Waals surface area contributed by atoms with Crippen molar-refractivity contribution in [1.29, 1.82) is 0 Å². The molecule has 0 unspecified atom stereocenters. The van der Waals surface area contributed by atoms with Gasteiger partial charge in [-0.2, -0.15) is 5.21 Å². The summed E-state index contributed by atoms with van der Waals surface area (Å²) < 4.78 is 4.90. The molecule has 0 bridgehead atoms. The Morgan fingerprint density at radius 1 is 1.54 bits per heavy atom. The molecular weight excluding hydrogens is 176 g/mol. The van der Waals surface area contributed by atoms with E-state index < -0.39 is 5.97 Å². The molecule has 0 fully saturated rings. The average molecular weight is 180 g/mol. The lowest BCUT2D eigenvalue weighted by atomic mass is 10.4. The summed E-state index contributed by atoms with van der Waals surface area (Å²) in [6.45, 7) is 0. The maximum atomic E-state index is 10.4. The SMILES string of the molecule is O=C(O)c1ccc(-c2nn[nH]n2)o1. The molecule has 7 heteroatoms. The van der Waals surface area contributed by atoms with Crippen LogP contribution in [0.5, 0.6) is 0 Å². The third-order valence-electron chi connectivity index (χ3n) is 1.38. The minimum absolute atomic E-state index is 0.153. The lowest BCUT2D eigenvalue weighted by molar-refractivity contribution is 0.0663. The summed E-state index contributed by atoms with van der Waals surface area (Å²) in [6.07, 6.45) is 0. The molecule has 0 atom stereocenters. The van der Waals surface area contributed by atoms with Crippen LogP contribution in [0.1, 0.15) is 10.6 Å². The summed E-state index contributed by atoms with van der Waals surface area (Å²) in [4.78, 5) is 10.4. The van der Waals surface area contributed by atoms with Crippen molar-refractivity contribution in [2.45, 2.75) is 0 Å². The number of aromatic carboxylic acids is 1. The Morgan fingerprint density at radius 2 is 2.38 bits per heavy atom. The smallest absolute Gasteiger partial charge is 0.371 e. The van der Waals surface area contributed by atoms with Crippen LogP contribution in [-0.2, 0) is 0 Å². The predicted molar refractivity (Wildman–Crippen MR) is 38.8 cm³/mol. The molecule has 0 aliphatic heterocycles. The zero-order valence-electron chi connectivity index (χ0n) is 6.26. The third kappa shape index (κ3) is 1.26. The van der Waals surface area contributed by atoms with Crippen LogP contribution in [0.15, 0.2) is 16.5 Å². The van der Waals surface area contributed by atoms with Crippen LogP contribution in [0.4, 0.5) is 0 Å². The lowest BCUT2D eigenvalue weighted by Crippen LogP contribution is -1.91. The molecule has 2 N–H and O–H groups in total. The van der Waals surface area contributed by atoms with Crippen LogP contribution in [-0.4, -0.2) is 31.7 Å². The molecule has 2 aromatic heterocycles. The number of carboxylic acids is 1. The molecule has 13 heavy (non-hydrogen) atoms. The van der Waals surface area contributed by atoms with Gasteiger partial charge in [0.15, 0.2) is 5.76 Å². The van der Waals surface area contributed by atoms with Crippen molar-refractivity contribution in [3.8, 4) is 11.6 Å². The van der Waals surface area contributed by atoms with Crippen LogP contribution in [0.3, 0.4) is 0 Å². The second-order valence-corrected chi connectivity index (χ2v) is 2.20. The second-order valence-electron chi connectivity index (χ2n) is 2.20. The molecule has 0 aliphatic rings. The Hall–Kier alpha value is -2.18. The van der Waals surface area contributed by atoms with E-state index >= 15 is 0 Å². The standard InChI is InChI=1S/C6H4N4O3/c11-6(12)4-2-1-3(13-4)5-7-9-10-8-5/h1-2H,(H,11,12)(H,7,8,9,10). The number of nitrogens with one attached hydrogen (secondary N) is 1. The van der Waals surface area contributed by atoms with E-state index in [9.17, 15) is 4.79 Å². The Labute approximate surface area is 71.4 Å². The van der Waals surface area contributed by atoms with Crippen LogP contribution in [0.25, 0.3) is 11.6 Å². The van der Waals surface area contributed by atoms with E-state index in [4.69, 9.17) is 9.52 Å². The molecule has 0 saturated carbocycles. The van der Waals surface area contributed by atoms with Crippen molar-refractivity contribution in [2.75, 3.05) is 0 Å². The van der Waals surface area contributed by atoms with Gasteiger partial charge in [0.05, 0.1) is 0 Å². The first kappa shape index (κ1) is 7.47. The van der Waals surface area contributed by atoms with Gasteiger partial charge in [0.25, 0.3) is 0 Å². The number of rotatable bonds is 2. The molecule has 0 aromatic carbocycles. The van der Waals surface area contributed by atoms with Gasteiger partial charge in [-0.05, 0) is 17.3 Å². The van der Waals surface area contributed by atoms with E-state index in [-0.39, 0.29) is 17.3 Å². The van der Waals surface area contributed by atoms with Crippen LogP contribution >= 0.6 is 0 Å². The summed E-state index contributed by atoms with van der Waals surface area (Å²) in [6, 6.07) is 2.79. The number of aromatic nitrogens is 4. The number of aromatic amines is 1. The Balaban J connectivity index is 2.39. The highest BCUT2D eigenvalue weighted by molar-refractivity contribution is 5.84. The first-order chi connectivity index (χ1) is 6.27. The van der Waals surface area contributed by atoms with E-state index in [1.165, 1.54) is 12.1 Å². The fraction of sp³-hybridized carbons (Fsp3) is 0. The predicted octanol–water partition coefficient (Wildman–Crippen LogP) is 0.158. The van der Waals surface area contributed by atoms with Crippen LogP contribution in [0, 0.1) is 0 Å². The van der Waals surface area contributed by atoms with Gasteiger partial charge >= 0.3 is 5.97 Å². The third-order valence-corrected chi connectivity index (χ3v) is 1.38. The zero-order valence-corrected chi connectivity index (χ0v) is 6.26. The molecule has 0 amide bonds. The molecule has 2 heterocycles. The summed E-state index contributed by atoms with van der Waals surface area (Å²) in [7, 11) is 0. The zero-order chi connectivity index (χ0) is 9.26. The minimum Gasteiger partial charge on any atom is -0.475 e. The first-order valence-corrected chi connectivity index (χ1v) is 3.34. The fourth-order valence-electron chi connectivity index (χ4n) is 0.839. The molecular formula is C6H4N4O3. The molecule has 66 valence electrons. The normalized spacial score (nSPS) is 10.2. The fourth-order valence-corrected chi connectivity index (χ4v) is 0.839. The number of nitrogens with zero attached hydrogens (tertiary/aromatic N) is 3. The highest BCUT2D eigenvalue weighted by Gasteiger charge is 2.12. The topological polar surface area (TPSA) is 105 Å². The average Bonchev–Trinajstić information content (AvgIpc) is 2.75. The maximum Gasteiger partial charge on any atom is 0.371 e.